The van der Waals surface area contributed by atoms with Crippen molar-refractivity contribution >= 4 is 0 Å². The van der Waals surface area contributed by atoms with Crippen molar-refractivity contribution in [2.75, 3.05) is 7.11 Å². The van der Waals surface area contributed by atoms with Crippen LogP contribution in [-0.2, 0) is 6.42 Å². The van der Waals surface area contributed by atoms with Gasteiger partial charge in [-0.2, -0.15) is 0 Å². The molecule has 0 saturated heterocycles. The molecule has 1 heterocycles. The molecule has 0 amide bonds. The van der Waals surface area contributed by atoms with Gasteiger partial charge in [-0.05, 0) is 31.9 Å². The number of methoxy groups -OCH3 is 1. The molecule has 0 aliphatic heterocycles. The molecule has 0 saturated carbocycles. The molecule has 72 valence electrons. The van der Waals surface area contributed by atoms with Crippen molar-refractivity contribution < 1.29 is 4.74 Å². The van der Waals surface area contributed by atoms with Crippen molar-refractivity contribution in [2.45, 2.75) is 25.8 Å². The number of hydrogen-bond donors (Lipinski definition) is 1. The van der Waals surface area contributed by atoms with Gasteiger partial charge in [-0.25, -0.2) is 0 Å². The van der Waals surface area contributed by atoms with Gasteiger partial charge in [0.15, 0.2) is 0 Å². The van der Waals surface area contributed by atoms with Crippen LogP contribution in [0, 0.1) is 0 Å². The van der Waals surface area contributed by atoms with Gasteiger partial charge in [0.2, 0.25) is 0 Å². The second-order valence-corrected chi connectivity index (χ2v) is 3.17. The lowest BCUT2D eigenvalue weighted by Crippen LogP contribution is -2.15. The molecule has 0 fully saturated rings. The minimum absolute atomic E-state index is 0.215. The van der Waals surface area contributed by atoms with Crippen LogP contribution in [0.5, 0.6) is 5.75 Å². The second-order valence-electron chi connectivity index (χ2n) is 3.17. The molecular weight excluding hydrogens is 164 g/mol. The molecule has 1 unspecified atom stereocenters. The van der Waals surface area contributed by atoms with Gasteiger partial charge >= 0.3 is 0 Å². The SMILES string of the molecule is COc1cccnc1CCC(C)N. The molecule has 1 atom stereocenters. The fourth-order valence-electron chi connectivity index (χ4n) is 1.16. The molecule has 0 aliphatic rings. The lowest BCUT2D eigenvalue weighted by atomic mass is 10.1. The Bertz CT molecular complexity index is 261. The summed E-state index contributed by atoms with van der Waals surface area (Å²) in [6, 6.07) is 4.00. The summed E-state index contributed by atoms with van der Waals surface area (Å²) in [5.41, 5.74) is 6.65. The van der Waals surface area contributed by atoms with Crippen molar-refractivity contribution in [1.29, 1.82) is 0 Å². The molecule has 0 aromatic carbocycles. The molecule has 2 N–H and O–H groups in total. The van der Waals surface area contributed by atoms with Gasteiger partial charge in [-0.1, -0.05) is 0 Å². The van der Waals surface area contributed by atoms with E-state index in [-0.39, 0.29) is 6.04 Å². The number of ether oxygens (including phenoxy) is 1. The number of nitrogens with zero attached hydrogens (tertiary/aromatic N) is 1. The van der Waals surface area contributed by atoms with Gasteiger partial charge in [-0.15, -0.1) is 0 Å². The molecule has 1 rings (SSSR count). The normalized spacial score (nSPS) is 12.5. The number of pyridine rings is 1. The van der Waals surface area contributed by atoms with Crippen molar-refractivity contribution in [3.8, 4) is 5.75 Å². The van der Waals surface area contributed by atoms with Crippen LogP contribution in [0.1, 0.15) is 19.0 Å². The van der Waals surface area contributed by atoms with Crippen LogP contribution in [0.25, 0.3) is 0 Å². The lowest BCUT2D eigenvalue weighted by molar-refractivity contribution is 0.405. The first-order valence-electron chi connectivity index (χ1n) is 4.47. The zero-order valence-corrected chi connectivity index (χ0v) is 8.16. The Kier molecular flexibility index (Phi) is 3.71. The maximum Gasteiger partial charge on any atom is 0.140 e. The van der Waals surface area contributed by atoms with E-state index >= 15 is 0 Å². The van der Waals surface area contributed by atoms with E-state index in [1.807, 2.05) is 19.1 Å². The zero-order valence-electron chi connectivity index (χ0n) is 8.16. The first kappa shape index (κ1) is 9.99. The highest BCUT2D eigenvalue weighted by Gasteiger charge is 2.03. The van der Waals surface area contributed by atoms with E-state index in [2.05, 4.69) is 4.98 Å². The Balaban J connectivity index is 2.64. The standard InChI is InChI=1S/C10H16N2O/c1-8(11)5-6-9-10(13-2)4-3-7-12-9/h3-4,7-8H,5-6,11H2,1-2H3. The van der Waals surface area contributed by atoms with Crippen molar-refractivity contribution in [1.82, 2.24) is 4.98 Å². The van der Waals surface area contributed by atoms with Gasteiger partial charge in [0.25, 0.3) is 0 Å². The molecular formula is C10H16N2O. The molecule has 3 nitrogen and oxygen atoms in total. The summed E-state index contributed by atoms with van der Waals surface area (Å²) in [5.74, 6) is 0.850. The fourth-order valence-corrected chi connectivity index (χ4v) is 1.16. The van der Waals surface area contributed by atoms with Crippen LogP contribution in [0.3, 0.4) is 0 Å². The molecule has 3 heteroatoms. The minimum Gasteiger partial charge on any atom is -0.495 e. The van der Waals surface area contributed by atoms with Crippen molar-refractivity contribution in [3.63, 3.8) is 0 Å². The van der Waals surface area contributed by atoms with Gasteiger partial charge in [-0.3, -0.25) is 4.98 Å². The second kappa shape index (κ2) is 4.82. The van der Waals surface area contributed by atoms with Gasteiger partial charge in [0.05, 0.1) is 12.8 Å². The van der Waals surface area contributed by atoms with Crippen LogP contribution in [0.15, 0.2) is 18.3 Å². The summed E-state index contributed by atoms with van der Waals surface area (Å²) < 4.78 is 5.17. The van der Waals surface area contributed by atoms with Crippen LogP contribution >= 0.6 is 0 Å². The molecule has 0 spiro atoms. The molecule has 1 aromatic heterocycles. The summed E-state index contributed by atoms with van der Waals surface area (Å²) in [5, 5.41) is 0. The van der Waals surface area contributed by atoms with E-state index < -0.39 is 0 Å². The predicted octanol–water partition coefficient (Wildman–Crippen LogP) is 1.37. The number of hydrogen-bond acceptors (Lipinski definition) is 3. The quantitative estimate of drug-likeness (QED) is 0.761. The summed E-state index contributed by atoms with van der Waals surface area (Å²) in [7, 11) is 1.66. The topological polar surface area (TPSA) is 48.1 Å². The zero-order chi connectivity index (χ0) is 9.68. The average molecular weight is 180 g/mol. The predicted molar refractivity (Wildman–Crippen MR) is 52.8 cm³/mol. The van der Waals surface area contributed by atoms with Gasteiger partial charge in [0, 0.05) is 12.2 Å². The van der Waals surface area contributed by atoms with E-state index in [0.29, 0.717) is 0 Å². The smallest absolute Gasteiger partial charge is 0.140 e. The van der Waals surface area contributed by atoms with Crippen LogP contribution in [0.2, 0.25) is 0 Å². The Hall–Kier alpha value is -1.09. The Labute approximate surface area is 78.9 Å². The molecule has 0 bridgehead atoms. The van der Waals surface area contributed by atoms with E-state index in [0.717, 1.165) is 24.3 Å². The third-order valence-electron chi connectivity index (χ3n) is 1.90. The maximum atomic E-state index is 5.66. The third kappa shape index (κ3) is 3.03. The number of rotatable bonds is 4. The lowest BCUT2D eigenvalue weighted by Gasteiger charge is -2.08. The number of nitrogens with two attached hydrogens (primary N) is 1. The summed E-state index contributed by atoms with van der Waals surface area (Å²) >= 11 is 0. The largest absolute Gasteiger partial charge is 0.495 e. The summed E-state index contributed by atoms with van der Waals surface area (Å²) in [6.07, 6.45) is 3.59. The summed E-state index contributed by atoms with van der Waals surface area (Å²) in [6.45, 7) is 2.00. The molecule has 0 aliphatic carbocycles. The summed E-state index contributed by atoms with van der Waals surface area (Å²) in [4.78, 5) is 4.24. The Morgan fingerprint density at radius 2 is 2.38 bits per heavy atom. The van der Waals surface area contributed by atoms with Gasteiger partial charge < -0.3 is 10.5 Å². The highest BCUT2D eigenvalue weighted by molar-refractivity contribution is 5.26. The highest BCUT2D eigenvalue weighted by Crippen LogP contribution is 2.16. The van der Waals surface area contributed by atoms with E-state index in [1.165, 1.54) is 0 Å². The van der Waals surface area contributed by atoms with Crippen molar-refractivity contribution in [2.24, 2.45) is 5.73 Å². The van der Waals surface area contributed by atoms with Crippen molar-refractivity contribution in [3.05, 3.63) is 24.0 Å². The molecule has 1 aromatic rings. The number of aromatic nitrogens is 1. The third-order valence-corrected chi connectivity index (χ3v) is 1.90. The van der Waals surface area contributed by atoms with Crippen LogP contribution in [0.4, 0.5) is 0 Å². The number of aryl methyl sites for hydroxylation is 1. The molecule has 13 heavy (non-hydrogen) atoms. The fraction of sp³-hybridized carbons (Fsp3) is 0.500. The maximum absolute atomic E-state index is 5.66. The average Bonchev–Trinajstić information content (AvgIpc) is 2.15. The Morgan fingerprint density at radius 1 is 1.62 bits per heavy atom. The molecule has 0 radical (unpaired) electrons. The Morgan fingerprint density at radius 3 is 3.00 bits per heavy atom. The minimum atomic E-state index is 0.215. The van der Waals surface area contributed by atoms with Gasteiger partial charge in [0.1, 0.15) is 5.75 Å². The van der Waals surface area contributed by atoms with E-state index in [1.54, 1.807) is 13.3 Å². The first-order chi connectivity index (χ1) is 6.24. The van der Waals surface area contributed by atoms with Crippen LogP contribution < -0.4 is 10.5 Å². The highest BCUT2D eigenvalue weighted by atomic mass is 16.5. The monoisotopic (exact) mass is 180 g/mol. The first-order valence-corrected chi connectivity index (χ1v) is 4.47. The van der Waals surface area contributed by atoms with Crippen LogP contribution in [-0.4, -0.2) is 18.1 Å². The van der Waals surface area contributed by atoms with E-state index in [9.17, 15) is 0 Å². The van der Waals surface area contributed by atoms with E-state index in [4.69, 9.17) is 10.5 Å².